The zero-order chi connectivity index (χ0) is 10.4. The van der Waals surface area contributed by atoms with Crippen molar-refractivity contribution in [3.63, 3.8) is 0 Å². The third-order valence-corrected chi connectivity index (χ3v) is 2.92. The van der Waals surface area contributed by atoms with Crippen molar-refractivity contribution >= 4 is 17.6 Å². The Bertz CT molecular complexity index is 467. The molecule has 0 saturated carbocycles. The standard InChI is InChI=1S/C11H11N3O/c1-7-8-4-2-3-5-9(8)12-11-13-10(15)6-14(7)11/h2-5,7H,6H2,1H3,(H,12,13,15). The first kappa shape index (κ1) is 8.47. The summed E-state index contributed by atoms with van der Waals surface area (Å²) >= 11 is 0. The van der Waals surface area contributed by atoms with Gasteiger partial charge in [0.1, 0.15) is 6.54 Å². The second-order valence-corrected chi connectivity index (χ2v) is 3.85. The molecule has 2 aliphatic rings. The van der Waals surface area contributed by atoms with Crippen molar-refractivity contribution in [1.29, 1.82) is 0 Å². The van der Waals surface area contributed by atoms with Crippen LogP contribution in [0.5, 0.6) is 0 Å². The maximum Gasteiger partial charge on any atom is 0.246 e. The molecule has 76 valence electrons. The number of nitrogens with one attached hydrogen (secondary N) is 1. The summed E-state index contributed by atoms with van der Waals surface area (Å²) in [6, 6.07) is 8.21. The fourth-order valence-electron chi connectivity index (χ4n) is 2.10. The van der Waals surface area contributed by atoms with E-state index < -0.39 is 0 Å². The third kappa shape index (κ3) is 1.14. The molecule has 0 bridgehead atoms. The monoisotopic (exact) mass is 201 g/mol. The first-order chi connectivity index (χ1) is 7.25. The van der Waals surface area contributed by atoms with E-state index in [1.165, 1.54) is 5.56 Å². The van der Waals surface area contributed by atoms with E-state index in [9.17, 15) is 4.79 Å². The third-order valence-electron chi connectivity index (χ3n) is 2.92. The molecule has 1 aromatic carbocycles. The molecular formula is C11H11N3O. The van der Waals surface area contributed by atoms with Gasteiger partial charge in [0.25, 0.3) is 0 Å². The van der Waals surface area contributed by atoms with E-state index in [-0.39, 0.29) is 11.9 Å². The Labute approximate surface area is 87.6 Å². The van der Waals surface area contributed by atoms with E-state index in [4.69, 9.17) is 0 Å². The van der Waals surface area contributed by atoms with Crippen LogP contribution in [0.1, 0.15) is 18.5 Å². The van der Waals surface area contributed by atoms with Gasteiger partial charge in [-0.15, -0.1) is 0 Å². The summed E-state index contributed by atoms with van der Waals surface area (Å²) in [7, 11) is 0. The summed E-state index contributed by atoms with van der Waals surface area (Å²) in [4.78, 5) is 17.7. The molecule has 0 spiro atoms. The van der Waals surface area contributed by atoms with Crippen molar-refractivity contribution in [2.45, 2.75) is 13.0 Å². The topological polar surface area (TPSA) is 44.7 Å². The number of para-hydroxylation sites is 1. The lowest BCUT2D eigenvalue weighted by Crippen LogP contribution is -2.34. The highest BCUT2D eigenvalue weighted by atomic mass is 16.2. The molecule has 2 heterocycles. The molecule has 1 atom stereocenters. The fourth-order valence-corrected chi connectivity index (χ4v) is 2.10. The summed E-state index contributed by atoms with van der Waals surface area (Å²) in [5.74, 6) is 0.708. The van der Waals surface area contributed by atoms with Gasteiger partial charge in [0, 0.05) is 5.56 Å². The Balaban J connectivity index is 2.13. The Morgan fingerprint density at radius 3 is 3.13 bits per heavy atom. The number of fused-ring (bicyclic) bond motifs is 2. The van der Waals surface area contributed by atoms with Gasteiger partial charge in [-0.25, -0.2) is 4.99 Å². The van der Waals surface area contributed by atoms with Crippen LogP contribution in [0, 0.1) is 0 Å². The lowest BCUT2D eigenvalue weighted by Gasteiger charge is -2.29. The SMILES string of the molecule is CC1c2ccccc2N=C2NC(=O)CN21. The van der Waals surface area contributed by atoms with E-state index in [0.717, 1.165) is 5.69 Å². The number of guanidine groups is 1. The van der Waals surface area contributed by atoms with Gasteiger partial charge in [-0.2, -0.15) is 0 Å². The van der Waals surface area contributed by atoms with Crippen LogP contribution in [0.2, 0.25) is 0 Å². The number of hydrogen-bond donors (Lipinski definition) is 1. The normalized spacial score (nSPS) is 23.0. The van der Waals surface area contributed by atoms with E-state index >= 15 is 0 Å². The molecule has 1 aromatic rings. The zero-order valence-corrected chi connectivity index (χ0v) is 8.40. The summed E-state index contributed by atoms with van der Waals surface area (Å²) in [5.41, 5.74) is 2.14. The molecule has 1 unspecified atom stereocenters. The van der Waals surface area contributed by atoms with Crippen molar-refractivity contribution < 1.29 is 4.79 Å². The minimum atomic E-state index is 0.0217. The maximum atomic E-state index is 11.3. The first-order valence-electron chi connectivity index (χ1n) is 5.00. The van der Waals surface area contributed by atoms with Crippen LogP contribution in [0.4, 0.5) is 5.69 Å². The van der Waals surface area contributed by atoms with Gasteiger partial charge >= 0.3 is 0 Å². The summed E-state index contributed by atoms with van der Waals surface area (Å²) in [6.45, 7) is 2.50. The number of hydrogen-bond acceptors (Lipinski definition) is 3. The van der Waals surface area contributed by atoms with Crippen molar-refractivity contribution in [2.24, 2.45) is 4.99 Å². The van der Waals surface area contributed by atoms with Crippen molar-refractivity contribution in [1.82, 2.24) is 10.2 Å². The number of carbonyl (C=O) groups excluding carboxylic acids is 1. The lowest BCUT2D eigenvalue weighted by atomic mass is 10.0. The second-order valence-electron chi connectivity index (χ2n) is 3.85. The van der Waals surface area contributed by atoms with Crippen LogP contribution in [0.15, 0.2) is 29.3 Å². The van der Waals surface area contributed by atoms with Crippen LogP contribution in [-0.4, -0.2) is 23.3 Å². The highest BCUT2D eigenvalue weighted by molar-refractivity contribution is 6.06. The van der Waals surface area contributed by atoms with Gasteiger partial charge in [-0.1, -0.05) is 18.2 Å². The number of aliphatic imine (C=N–C) groups is 1. The molecule has 4 nitrogen and oxygen atoms in total. The van der Waals surface area contributed by atoms with E-state index in [1.807, 2.05) is 23.1 Å². The number of amides is 1. The number of benzene rings is 1. The van der Waals surface area contributed by atoms with Gasteiger partial charge in [-0.05, 0) is 13.0 Å². The van der Waals surface area contributed by atoms with Gasteiger partial charge in [0.2, 0.25) is 11.9 Å². The summed E-state index contributed by atoms with van der Waals surface area (Å²) in [6.07, 6.45) is 0. The molecule has 1 saturated heterocycles. The van der Waals surface area contributed by atoms with Crippen LogP contribution in [0.25, 0.3) is 0 Å². The van der Waals surface area contributed by atoms with Crippen molar-refractivity contribution in [3.8, 4) is 0 Å². The predicted molar refractivity (Wildman–Crippen MR) is 56.8 cm³/mol. The lowest BCUT2D eigenvalue weighted by molar-refractivity contribution is -0.118. The van der Waals surface area contributed by atoms with Gasteiger partial charge < -0.3 is 4.90 Å². The highest BCUT2D eigenvalue weighted by Crippen LogP contribution is 2.34. The quantitative estimate of drug-likeness (QED) is 0.685. The van der Waals surface area contributed by atoms with Gasteiger partial charge in [0.15, 0.2) is 0 Å². The molecule has 1 fully saturated rings. The zero-order valence-electron chi connectivity index (χ0n) is 8.40. The molecule has 2 aliphatic heterocycles. The molecule has 15 heavy (non-hydrogen) atoms. The van der Waals surface area contributed by atoms with Crippen molar-refractivity contribution in [2.75, 3.05) is 6.54 Å². The van der Waals surface area contributed by atoms with Gasteiger partial charge in [0.05, 0.1) is 11.7 Å². The van der Waals surface area contributed by atoms with E-state index in [1.54, 1.807) is 0 Å². The van der Waals surface area contributed by atoms with Crippen LogP contribution in [-0.2, 0) is 4.79 Å². The summed E-state index contributed by atoms with van der Waals surface area (Å²) < 4.78 is 0. The average molecular weight is 201 g/mol. The van der Waals surface area contributed by atoms with Crippen molar-refractivity contribution in [3.05, 3.63) is 29.8 Å². The Kier molecular flexibility index (Phi) is 1.59. The Morgan fingerprint density at radius 2 is 2.27 bits per heavy atom. The smallest absolute Gasteiger partial charge is 0.246 e. The minimum Gasteiger partial charge on any atom is -0.326 e. The molecular weight excluding hydrogens is 190 g/mol. The number of carbonyl (C=O) groups is 1. The maximum absolute atomic E-state index is 11.3. The Morgan fingerprint density at radius 1 is 1.47 bits per heavy atom. The molecule has 0 radical (unpaired) electrons. The molecule has 0 aliphatic carbocycles. The minimum absolute atomic E-state index is 0.0217. The number of nitrogens with zero attached hydrogens (tertiary/aromatic N) is 2. The highest BCUT2D eigenvalue weighted by Gasteiger charge is 2.33. The fraction of sp³-hybridized carbons (Fsp3) is 0.273. The van der Waals surface area contributed by atoms with E-state index in [2.05, 4.69) is 23.3 Å². The van der Waals surface area contributed by atoms with Gasteiger partial charge in [-0.3, -0.25) is 10.1 Å². The Hall–Kier alpha value is -1.84. The summed E-state index contributed by atoms with van der Waals surface area (Å²) in [5, 5.41) is 2.76. The number of rotatable bonds is 0. The first-order valence-corrected chi connectivity index (χ1v) is 5.00. The van der Waals surface area contributed by atoms with Crippen LogP contribution >= 0.6 is 0 Å². The van der Waals surface area contributed by atoms with Crippen LogP contribution in [0.3, 0.4) is 0 Å². The molecule has 3 rings (SSSR count). The molecule has 4 heteroatoms. The van der Waals surface area contributed by atoms with E-state index in [0.29, 0.717) is 12.5 Å². The van der Waals surface area contributed by atoms with Crippen LogP contribution < -0.4 is 5.32 Å². The average Bonchev–Trinajstić information content (AvgIpc) is 2.59. The molecule has 1 N–H and O–H groups in total. The predicted octanol–water partition coefficient (Wildman–Crippen LogP) is 1.18. The molecule has 1 amide bonds. The largest absolute Gasteiger partial charge is 0.326 e. The second kappa shape index (κ2) is 2.82. The molecule has 0 aromatic heterocycles.